The van der Waals surface area contributed by atoms with E-state index in [2.05, 4.69) is 9.97 Å². The minimum atomic E-state index is -4.59. The summed E-state index contributed by atoms with van der Waals surface area (Å²) in [5.41, 5.74) is 0. The molecule has 8 heteroatoms. The highest BCUT2D eigenvalue weighted by atomic mass is 35.5. The fourth-order valence-electron chi connectivity index (χ4n) is 2.50. The molecular formula is C11H11ClF3N3O. The normalized spacial score (nSPS) is 26.8. The smallest absolute Gasteiger partial charge is 0.371 e. The van der Waals surface area contributed by atoms with E-state index in [0.29, 0.717) is 13.1 Å². The van der Waals surface area contributed by atoms with Gasteiger partial charge in [-0.15, -0.1) is 0 Å². The van der Waals surface area contributed by atoms with Crippen LogP contribution in [0.15, 0.2) is 6.07 Å². The molecule has 2 aliphatic heterocycles. The van der Waals surface area contributed by atoms with Crippen molar-refractivity contribution in [3.63, 3.8) is 0 Å². The molecule has 0 saturated carbocycles. The van der Waals surface area contributed by atoms with Crippen LogP contribution in [0.25, 0.3) is 0 Å². The summed E-state index contributed by atoms with van der Waals surface area (Å²) in [5, 5.41) is -0.198. The monoisotopic (exact) mass is 293 g/mol. The third-order valence-electron chi connectivity index (χ3n) is 3.30. The second kappa shape index (κ2) is 4.49. The number of ether oxygens (including phenoxy) is 1. The van der Waals surface area contributed by atoms with Gasteiger partial charge in [0.05, 0.1) is 12.2 Å². The first-order valence-electron chi connectivity index (χ1n) is 5.94. The first kappa shape index (κ1) is 12.9. The van der Waals surface area contributed by atoms with Gasteiger partial charge in [0.15, 0.2) is 0 Å². The van der Waals surface area contributed by atoms with Crippen molar-refractivity contribution in [1.82, 2.24) is 9.97 Å². The highest BCUT2D eigenvalue weighted by Gasteiger charge is 2.38. The van der Waals surface area contributed by atoms with Crippen molar-refractivity contribution in [1.29, 1.82) is 0 Å². The van der Waals surface area contributed by atoms with E-state index >= 15 is 0 Å². The average molecular weight is 294 g/mol. The number of hydrogen-bond donors (Lipinski definition) is 0. The van der Waals surface area contributed by atoms with Gasteiger partial charge in [0.1, 0.15) is 11.0 Å². The molecule has 2 atom stereocenters. The van der Waals surface area contributed by atoms with E-state index in [1.54, 1.807) is 4.90 Å². The van der Waals surface area contributed by atoms with Crippen molar-refractivity contribution in [2.75, 3.05) is 18.0 Å². The fourth-order valence-corrected chi connectivity index (χ4v) is 2.67. The van der Waals surface area contributed by atoms with Crippen LogP contribution < -0.4 is 4.90 Å². The molecule has 2 bridgehead atoms. The van der Waals surface area contributed by atoms with Crippen LogP contribution >= 0.6 is 11.6 Å². The Labute approximate surface area is 112 Å². The molecule has 0 aliphatic carbocycles. The minimum absolute atomic E-state index is 0.0711. The number of aromatic nitrogens is 2. The molecule has 0 radical (unpaired) electrons. The Morgan fingerprint density at radius 1 is 1.21 bits per heavy atom. The molecule has 3 rings (SSSR count). The van der Waals surface area contributed by atoms with Crippen molar-refractivity contribution < 1.29 is 17.9 Å². The zero-order valence-electron chi connectivity index (χ0n) is 9.82. The molecule has 2 fully saturated rings. The molecule has 4 nitrogen and oxygen atoms in total. The Morgan fingerprint density at radius 2 is 1.84 bits per heavy atom. The number of hydrogen-bond acceptors (Lipinski definition) is 4. The Bertz CT molecular complexity index is 485. The van der Waals surface area contributed by atoms with E-state index in [1.807, 2.05) is 0 Å². The maximum absolute atomic E-state index is 12.7. The largest absolute Gasteiger partial charge is 0.451 e. The van der Waals surface area contributed by atoms with Gasteiger partial charge in [0.2, 0.25) is 5.82 Å². The molecule has 1 aromatic heterocycles. The van der Waals surface area contributed by atoms with Crippen LogP contribution in [0.3, 0.4) is 0 Å². The van der Waals surface area contributed by atoms with Gasteiger partial charge in [-0.25, -0.2) is 9.97 Å². The lowest BCUT2D eigenvalue weighted by atomic mass is 10.2. The summed E-state index contributed by atoms with van der Waals surface area (Å²) in [6.07, 6.45) is -2.58. The number of fused-ring (bicyclic) bond motifs is 2. The molecule has 0 aromatic carbocycles. The van der Waals surface area contributed by atoms with Gasteiger partial charge >= 0.3 is 6.18 Å². The Balaban J connectivity index is 1.90. The second-order valence-electron chi connectivity index (χ2n) is 4.73. The van der Waals surface area contributed by atoms with E-state index < -0.39 is 12.0 Å². The minimum Gasteiger partial charge on any atom is -0.371 e. The molecule has 19 heavy (non-hydrogen) atoms. The van der Waals surface area contributed by atoms with Crippen LogP contribution in [0, 0.1) is 0 Å². The summed E-state index contributed by atoms with van der Waals surface area (Å²) < 4.78 is 43.6. The van der Waals surface area contributed by atoms with Crippen LogP contribution in [0.4, 0.5) is 19.0 Å². The Kier molecular flexibility index (Phi) is 3.05. The molecule has 2 unspecified atom stereocenters. The Morgan fingerprint density at radius 3 is 2.42 bits per heavy atom. The third-order valence-corrected chi connectivity index (χ3v) is 3.50. The average Bonchev–Trinajstić information content (AvgIpc) is 2.66. The van der Waals surface area contributed by atoms with Gasteiger partial charge in [-0.3, -0.25) is 0 Å². The SMILES string of the molecule is FC(F)(F)c1nc(Cl)cc(N2CC3CCC(C2)O3)n1. The Hall–Kier alpha value is -1.08. The second-order valence-corrected chi connectivity index (χ2v) is 5.12. The number of nitrogens with zero attached hydrogens (tertiary/aromatic N) is 3. The molecular weight excluding hydrogens is 283 g/mol. The highest BCUT2D eigenvalue weighted by molar-refractivity contribution is 6.29. The summed E-state index contributed by atoms with van der Waals surface area (Å²) >= 11 is 5.65. The maximum atomic E-state index is 12.7. The lowest BCUT2D eigenvalue weighted by molar-refractivity contribution is -0.144. The van der Waals surface area contributed by atoms with E-state index in [1.165, 1.54) is 6.07 Å². The van der Waals surface area contributed by atoms with Gasteiger partial charge in [-0.1, -0.05) is 11.6 Å². The summed E-state index contributed by atoms with van der Waals surface area (Å²) in [5.74, 6) is -0.985. The maximum Gasteiger partial charge on any atom is 0.451 e. The molecule has 3 heterocycles. The van der Waals surface area contributed by atoms with Crippen molar-refractivity contribution in [2.45, 2.75) is 31.2 Å². The van der Waals surface area contributed by atoms with Gasteiger partial charge in [0.25, 0.3) is 0 Å². The van der Waals surface area contributed by atoms with Crippen LogP contribution in [0.5, 0.6) is 0 Å². The summed E-state index contributed by atoms with van der Waals surface area (Å²) in [7, 11) is 0. The molecule has 2 aliphatic rings. The number of halogens is 4. The molecule has 2 saturated heterocycles. The van der Waals surface area contributed by atoms with Gasteiger partial charge in [-0.2, -0.15) is 13.2 Å². The lowest BCUT2D eigenvalue weighted by Crippen LogP contribution is -2.43. The zero-order valence-corrected chi connectivity index (χ0v) is 10.6. The molecule has 0 N–H and O–H groups in total. The van der Waals surface area contributed by atoms with Gasteiger partial charge in [0, 0.05) is 19.2 Å². The van der Waals surface area contributed by atoms with Crippen LogP contribution in [0.1, 0.15) is 18.7 Å². The predicted molar refractivity (Wildman–Crippen MR) is 62.2 cm³/mol. The topological polar surface area (TPSA) is 38.2 Å². The van der Waals surface area contributed by atoms with Crippen LogP contribution in [-0.4, -0.2) is 35.3 Å². The summed E-state index contributed by atoms with van der Waals surface area (Å²) in [4.78, 5) is 8.59. The van der Waals surface area contributed by atoms with E-state index in [-0.39, 0.29) is 23.2 Å². The van der Waals surface area contributed by atoms with Gasteiger partial charge in [-0.05, 0) is 12.8 Å². The van der Waals surface area contributed by atoms with Crippen LogP contribution in [-0.2, 0) is 10.9 Å². The number of alkyl halides is 3. The van der Waals surface area contributed by atoms with E-state index in [0.717, 1.165) is 12.8 Å². The number of rotatable bonds is 1. The van der Waals surface area contributed by atoms with Gasteiger partial charge < -0.3 is 9.64 Å². The first-order valence-corrected chi connectivity index (χ1v) is 6.32. The predicted octanol–water partition coefficient (Wildman–Crippen LogP) is 2.52. The summed E-state index contributed by atoms with van der Waals surface area (Å²) in [6, 6.07) is 1.36. The third kappa shape index (κ3) is 2.62. The van der Waals surface area contributed by atoms with E-state index in [4.69, 9.17) is 16.3 Å². The van der Waals surface area contributed by atoms with Crippen molar-refractivity contribution >= 4 is 17.4 Å². The van der Waals surface area contributed by atoms with Crippen LogP contribution in [0.2, 0.25) is 5.15 Å². The fraction of sp³-hybridized carbons (Fsp3) is 0.636. The molecule has 104 valence electrons. The molecule has 0 spiro atoms. The van der Waals surface area contributed by atoms with Crippen molar-refractivity contribution in [3.8, 4) is 0 Å². The highest BCUT2D eigenvalue weighted by Crippen LogP contribution is 2.32. The number of morpholine rings is 1. The quantitative estimate of drug-likeness (QED) is 0.746. The lowest BCUT2D eigenvalue weighted by Gasteiger charge is -2.33. The molecule has 1 aromatic rings. The summed E-state index contributed by atoms with van der Waals surface area (Å²) in [6.45, 7) is 1.09. The van der Waals surface area contributed by atoms with Crippen molar-refractivity contribution in [3.05, 3.63) is 17.0 Å². The van der Waals surface area contributed by atoms with Crippen molar-refractivity contribution in [2.24, 2.45) is 0 Å². The first-order chi connectivity index (χ1) is 8.91. The zero-order chi connectivity index (χ0) is 13.6. The van der Waals surface area contributed by atoms with E-state index in [9.17, 15) is 13.2 Å². The number of anilines is 1. The molecule has 0 amide bonds. The standard InChI is InChI=1S/C11H11ClF3N3O/c12-8-3-9(17-10(16-8)11(13,14)15)18-4-6-1-2-7(5-18)19-6/h3,6-7H,1-2,4-5H2.